The van der Waals surface area contributed by atoms with Crippen molar-refractivity contribution in [3.63, 3.8) is 0 Å². The van der Waals surface area contributed by atoms with Gasteiger partial charge in [-0.3, -0.25) is 4.18 Å². The second-order valence-corrected chi connectivity index (χ2v) is 10.9. The maximum Gasteiger partial charge on any atom is 0.264 e. The second-order valence-electron chi connectivity index (χ2n) is 9.25. The van der Waals surface area contributed by atoms with Gasteiger partial charge in [-0.1, -0.05) is 45.6 Å². The molecule has 0 radical (unpaired) electrons. The predicted octanol–water partition coefficient (Wildman–Crippen LogP) is 4.28. The Labute approximate surface area is 165 Å². The number of hydrogen-bond donors (Lipinski definition) is 0. The minimum atomic E-state index is -3.46. The Morgan fingerprint density at radius 3 is 2.52 bits per heavy atom. The van der Waals surface area contributed by atoms with Crippen molar-refractivity contribution < 1.29 is 22.1 Å². The second kappa shape index (κ2) is 8.13. The van der Waals surface area contributed by atoms with Gasteiger partial charge in [-0.25, -0.2) is 0 Å². The molecule has 3 atom stereocenters. The highest BCUT2D eigenvalue weighted by molar-refractivity contribution is 7.85. The van der Waals surface area contributed by atoms with Gasteiger partial charge < -0.3 is 9.47 Å². The first-order chi connectivity index (χ1) is 12.7. The van der Waals surface area contributed by atoms with E-state index in [0.29, 0.717) is 25.0 Å². The molecule has 27 heavy (non-hydrogen) atoms. The minimum absolute atomic E-state index is 0.194. The SMILES string of the molecule is CC(C)CCC[C@@H](C)[C@H]1CCC2=CC3(CC[C@@]21COS(C)(=O)=O)OCCO3. The van der Waals surface area contributed by atoms with Crippen LogP contribution in [0.2, 0.25) is 0 Å². The Hall–Kier alpha value is -0.430. The average molecular weight is 401 g/mol. The van der Waals surface area contributed by atoms with Crippen molar-refractivity contribution >= 4 is 10.1 Å². The van der Waals surface area contributed by atoms with Gasteiger partial charge in [0.15, 0.2) is 5.79 Å². The van der Waals surface area contributed by atoms with E-state index in [0.717, 1.165) is 37.9 Å². The molecule has 1 aliphatic heterocycles. The lowest BCUT2D eigenvalue weighted by Gasteiger charge is -2.45. The summed E-state index contributed by atoms with van der Waals surface area (Å²) in [6, 6.07) is 0. The molecule has 0 bridgehead atoms. The first-order valence-electron chi connectivity index (χ1n) is 10.5. The van der Waals surface area contributed by atoms with Gasteiger partial charge in [0.05, 0.1) is 26.1 Å². The van der Waals surface area contributed by atoms with E-state index in [1.165, 1.54) is 24.8 Å². The zero-order valence-electron chi connectivity index (χ0n) is 17.3. The zero-order chi connectivity index (χ0) is 19.7. The first kappa shape index (κ1) is 21.3. The van der Waals surface area contributed by atoms with E-state index in [2.05, 4.69) is 26.8 Å². The fourth-order valence-corrected chi connectivity index (χ4v) is 5.86. The third-order valence-electron chi connectivity index (χ3n) is 6.82. The van der Waals surface area contributed by atoms with Crippen molar-refractivity contribution in [2.24, 2.45) is 23.2 Å². The van der Waals surface area contributed by atoms with E-state index in [1.807, 2.05) is 0 Å². The van der Waals surface area contributed by atoms with Crippen molar-refractivity contribution in [2.75, 3.05) is 26.1 Å². The molecule has 6 heteroatoms. The smallest absolute Gasteiger partial charge is 0.264 e. The van der Waals surface area contributed by atoms with Crippen LogP contribution in [0.1, 0.15) is 65.7 Å². The summed E-state index contributed by atoms with van der Waals surface area (Å²) in [4.78, 5) is 0. The summed E-state index contributed by atoms with van der Waals surface area (Å²) in [5.41, 5.74) is 1.10. The molecule has 0 unspecified atom stereocenters. The number of hydrogen-bond acceptors (Lipinski definition) is 5. The number of rotatable bonds is 8. The lowest BCUT2D eigenvalue weighted by Crippen LogP contribution is -2.44. The van der Waals surface area contributed by atoms with Crippen molar-refractivity contribution in [3.05, 3.63) is 11.6 Å². The minimum Gasteiger partial charge on any atom is -0.344 e. The van der Waals surface area contributed by atoms with Crippen LogP contribution in [0, 0.1) is 23.2 Å². The van der Waals surface area contributed by atoms with Gasteiger partial charge in [-0.15, -0.1) is 0 Å². The third-order valence-corrected chi connectivity index (χ3v) is 7.37. The Kier molecular flexibility index (Phi) is 6.41. The van der Waals surface area contributed by atoms with Crippen LogP contribution >= 0.6 is 0 Å². The van der Waals surface area contributed by atoms with Gasteiger partial charge in [0.2, 0.25) is 0 Å². The van der Waals surface area contributed by atoms with Gasteiger partial charge in [0.25, 0.3) is 10.1 Å². The van der Waals surface area contributed by atoms with Crippen LogP contribution in [0.15, 0.2) is 11.6 Å². The highest BCUT2D eigenvalue weighted by Crippen LogP contribution is 2.58. The van der Waals surface area contributed by atoms with E-state index in [4.69, 9.17) is 13.7 Å². The Balaban J connectivity index is 1.81. The topological polar surface area (TPSA) is 61.8 Å². The van der Waals surface area contributed by atoms with Crippen LogP contribution in [0.4, 0.5) is 0 Å². The van der Waals surface area contributed by atoms with Crippen LogP contribution in [-0.2, 0) is 23.8 Å². The average Bonchev–Trinajstić information content (AvgIpc) is 3.17. The highest BCUT2D eigenvalue weighted by atomic mass is 32.2. The van der Waals surface area contributed by atoms with Crippen molar-refractivity contribution in [3.8, 4) is 0 Å². The molecule has 0 aromatic rings. The lowest BCUT2D eigenvalue weighted by atomic mass is 9.64. The Morgan fingerprint density at radius 2 is 1.89 bits per heavy atom. The monoisotopic (exact) mass is 400 g/mol. The summed E-state index contributed by atoms with van der Waals surface area (Å²) < 4.78 is 40.7. The Morgan fingerprint density at radius 1 is 1.19 bits per heavy atom. The molecule has 2 aliphatic carbocycles. The molecule has 5 nitrogen and oxygen atoms in total. The molecule has 0 N–H and O–H groups in total. The highest BCUT2D eigenvalue weighted by Gasteiger charge is 2.54. The first-order valence-corrected chi connectivity index (χ1v) is 12.3. The van der Waals surface area contributed by atoms with Crippen LogP contribution < -0.4 is 0 Å². The molecule has 0 aromatic heterocycles. The summed E-state index contributed by atoms with van der Waals surface area (Å²) in [5, 5.41) is 0. The zero-order valence-corrected chi connectivity index (χ0v) is 18.1. The maximum atomic E-state index is 11.7. The predicted molar refractivity (Wildman–Crippen MR) is 106 cm³/mol. The molecule has 3 rings (SSSR count). The summed E-state index contributed by atoms with van der Waals surface area (Å²) in [6.07, 6.45) is 10.7. The molecule has 2 fully saturated rings. The quantitative estimate of drug-likeness (QED) is 0.449. The molecule has 1 saturated heterocycles. The van der Waals surface area contributed by atoms with E-state index >= 15 is 0 Å². The van der Waals surface area contributed by atoms with Gasteiger partial charge in [0, 0.05) is 11.8 Å². The van der Waals surface area contributed by atoms with Gasteiger partial charge in [-0.05, 0) is 43.1 Å². The fraction of sp³-hybridized carbons (Fsp3) is 0.905. The van der Waals surface area contributed by atoms with Crippen molar-refractivity contribution in [1.29, 1.82) is 0 Å². The molecule has 156 valence electrons. The van der Waals surface area contributed by atoms with Gasteiger partial charge in [0.1, 0.15) is 0 Å². The molecular formula is C21H36O5S. The van der Waals surface area contributed by atoms with Crippen LogP contribution in [0.5, 0.6) is 0 Å². The molecule has 1 spiro atoms. The summed E-state index contributed by atoms with van der Waals surface area (Å²) in [6.45, 7) is 8.39. The molecule has 0 amide bonds. The normalized spacial score (nSPS) is 31.3. The van der Waals surface area contributed by atoms with Crippen molar-refractivity contribution in [2.45, 2.75) is 71.5 Å². The molecular weight excluding hydrogens is 364 g/mol. The van der Waals surface area contributed by atoms with E-state index in [-0.39, 0.29) is 12.0 Å². The summed E-state index contributed by atoms with van der Waals surface area (Å²) in [5.74, 6) is 1.15. The van der Waals surface area contributed by atoms with Gasteiger partial charge >= 0.3 is 0 Å². The fourth-order valence-electron chi connectivity index (χ4n) is 5.43. The van der Waals surface area contributed by atoms with E-state index < -0.39 is 15.9 Å². The summed E-state index contributed by atoms with van der Waals surface area (Å²) >= 11 is 0. The van der Waals surface area contributed by atoms with Crippen molar-refractivity contribution in [1.82, 2.24) is 0 Å². The number of fused-ring (bicyclic) bond motifs is 1. The third kappa shape index (κ3) is 4.77. The van der Waals surface area contributed by atoms with Crippen LogP contribution in [0.3, 0.4) is 0 Å². The number of ether oxygens (including phenoxy) is 2. The Bertz CT molecular complexity index is 647. The standard InChI is InChI=1S/C21H36O5S/c1-16(2)6-5-7-17(3)19-9-8-18-14-21(24-12-13-25-21)11-10-20(18,19)15-26-27(4,22)23/h14,16-17,19H,5-13,15H2,1-4H3/t17-,19-,20-/m1/s1. The van der Waals surface area contributed by atoms with Gasteiger partial charge in [-0.2, -0.15) is 8.42 Å². The maximum absolute atomic E-state index is 11.7. The molecule has 1 heterocycles. The molecule has 0 aromatic carbocycles. The largest absolute Gasteiger partial charge is 0.344 e. The lowest BCUT2D eigenvalue weighted by molar-refractivity contribution is -0.137. The molecule has 3 aliphatic rings. The van der Waals surface area contributed by atoms with Crippen LogP contribution in [0.25, 0.3) is 0 Å². The van der Waals surface area contributed by atoms with E-state index in [1.54, 1.807) is 0 Å². The van der Waals surface area contributed by atoms with Crippen LogP contribution in [-0.4, -0.2) is 40.3 Å². The molecule has 1 saturated carbocycles. The van der Waals surface area contributed by atoms with E-state index in [9.17, 15) is 8.42 Å². The summed E-state index contributed by atoms with van der Waals surface area (Å²) in [7, 11) is -3.46.